The minimum Gasteiger partial charge on any atom is -0.321 e. The summed E-state index contributed by atoms with van der Waals surface area (Å²) < 4.78 is 0. The Morgan fingerprint density at radius 1 is 1.26 bits per heavy atom. The molecule has 0 radical (unpaired) electrons. The monoisotopic (exact) mass is 268 g/mol. The van der Waals surface area contributed by atoms with Gasteiger partial charge in [-0.15, -0.1) is 0 Å². The summed E-state index contributed by atoms with van der Waals surface area (Å²) in [5, 5.41) is 0. The first kappa shape index (κ1) is 15.8. The molecule has 0 aromatic rings. The summed E-state index contributed by atoms with van der Waals surface area (Å²) in [4.78, 5) is 36.2. The number of rotatable bonds is 6. The first-order valence-corrected chi connectivity index (χ1v) is 6.91. The van der Waals surface area contributed by atoms with Crippen LogP contribution in [0.15, 0.2) is 0 Å². The predicted molar refractivity (Wildman–Crippen MR) is 72.1 cm³/mol. The number of carbonyl (C=O) groups excluding carboxylic acids is 3. The van der Waals surface area contributed by atoms with Crippen molar-refractivity contribution in [1.29, 1.82) is 0 Å². The highest BCUT2D eigenvalue weighted by Gasteiger charge is 2.38. The van der Waals surface area contributed by atoms with E-state index in [-0.39, 0.29) is 17.6 Å². The average Bonchev–Trinajstić information content (AvgIpc) is 2.90. The van der Waals surface area contributed by atoms with Gasteiger partial charge in [-0.25, -0.2) is 0 Å². The van der Waals surface area contributed by atoms with Crippen LogP contribution in [0, 0.1) is 17.8 Å². The van der Waals surface area contributed by atoms with Crippen LogP contribution in [0.3, 0.4) is 0 Å². The van der Waals surface area contributed by atoms with Crippen molar-refractivity contribution in [2.75, 3.05) is 7.05 Å². The molecule has 0 aliphatic heterocycles. The lowest BCUT2D eigenvalue weighted by Crippen LogP contribution is -2.48. The molecule has 1 aliphatic carbocycles. The van der Waals surface area contributed by atoms with Gasteiger partial charge in [-0.2, -0.15) is 0 Å². The molecule has 0 bridgehead atoms. The predicted octanol–water partition coefficient (Wildman–Crippen LogP) is 0.960. The standard InChI is InChI=1S/C14H24N2O3/c1-9(2)11(14(19)16(3)8-17)13(18)12(15)10-6-4-5-7-10/h8-12H,4-7,15H2,1-3H3/t11-,12?/m1/s1. The zero-order valence-electron chi connectivity index (χ0n) is 12.0. The molecule has 0 aromatic heterocycles. The van der Waals surface area contributed by atoms with Crippen LogP contribution in [-0.4, -0.2) is 36.1 Å². The van der Waals surface area contributed by atoms with E-state index in [9.17, 15) is 14.4 Å². The SMILES string of the molecule is CC(C)[C@H](C(=O)C(N)C1CCCC1)C(=O)N(C)C=O. The minimum absolute atomic E-state index is 0.158. The number of imide groups is 1. The van der Waals surface area contributed by atoms with Gasteiger partial charge >= 0.3 is 0 Å². The molecule has 0 spiro atoms. The minimum atomic E-state index is -0.814. The van der Waals surface area contributed by atoms with Gasteiger partial charge in [0, 0.05) is 7.05 Å². The summed E-state index contributed by atoms with van der Waals surface area (Å²) in [6.07, 6.45) is 4.54. The topological polar surface area (TPSA) is 80.5 Å². The van der Waals surface area contributed by atoms with Crippen LogP contribution in [0.4, 0.5) is 0 Å². The average molecular weight is 268 g/mol. The van der Waals surface area contributed by atoms with Gasteiger partial charge in [0.1, 0.15) is 5.92 Å². The summed E-state index contributed by atoms with van der Waals surface area (Å²) >= 11 is 0. The Balaban J connectivity index is 2.83. The van der Waals surface area contributed by atoms with Crippen LogP contribution in [0.5, 0.6) is 0 Å². The highest BCUT2D eigenvalue weighted by Crippen LogP contribution is 2.29. The van der Waals surface area contributed by atoms with Crippen molar-refractivity contribution in [3.8, 4) is 0 Å². The van der Waals surface area contributed by atoms with Gasteiger partial charge in [0.2, 0.25) is 12.3 Å². The number of carbonyl (C=O) groups is 3. The molecule has 2 N–H and O–H groups in total. The molecule has 1 aliphatic rings. The van der Waals surface area contributed by atoms with E-state index in [0.717, 1.165) is 30.6 Å². The fraction of sp³-hybridized carbons (Fsp3) is 0.786. The summed E-state index contributed by atoms with van der Waals surface area (Å²) in [6.45, 7) is 3.61. The van der Waals surface area contributed by atoms with Gasteiger partial charge < -0.3 is 5.73 Å². The Morgan fingerprint density at radius 3 is 2.21 bits per heavy atom. The Bertz CT molecular complexity index is 349. The Morgan fingerprint density at radius 2 is 1.79 bits per heavy atom. The summed E-state index contributed by atoms with van der Waals surface area (Å²) in [5.74, 6) is -1.47. The molecule has 1 unspecified atom stereocenters. The largest absolute Gasteiger partial charge is 0.321 e. The fourth-order valence-electron chi connectivity index (χ4n) is 2.76. The van der Waals surface area contributed by atoms with E-state index in [2.05, 4.69) is 0 Å². The lowest BCUT2D eigenvalue weighted by Gasteiger charge is -2.26. The molecule has 0 heterocycles. The van der Waals surface area contributed by atoms with Crippen LogP contribution in [0.1, 0.15) is 39.5 Å². The van der Waals surface area contributed by atoms with E-state index in [0.29, 0.717) is 6.41 Å². The number of nitrogens with zero attached hydrogens (tertiary/aromatic N) is 1. The molecule has 0 aromatic carbocycles. The molecule has 2 amide bonds. The first-order chi connectivity index (χ1) is 8.90. The number of Topliss-reactive ketones (excluding diaryl/α,β-unsaturated/α-hetero) is 1. The highest BCUT2D eigenvalue weighted by molar-refractivity contribution is 6.06. The Kier molecular flexibility index (Phi) is 5.66. The third-order valence-corrected chi connectivity index (χ3v) is 3.98. The van der Waals surface area contributed by atoms with Gasteiger partial charge in [-0.3, -0.25) is 19.3 Å². The number of hydrogen-bond donors (Lipinski definition) is 1. The maximum Gasteiger partial charge on any atom is 0.239 e. The van der Waals surface area contributed by atoms with Gasteiger partial charge in [-0.1, -0.05) is 26.7 Å². The number of hydrogen-bond acceptors (Lipinski definition) is 4. The highest BCUT2D eigenvalue weighted by atomic mass is 16.2. The second-order valence-corrected chi connectivity index (χ2v) is 5.75. The van der Waals surface area contributed by atoms with Crippen molar-refractivity contribution in [3.63, 3.8) is 0 Å². The van der Waals surface area contributed by atoms with Gasteiger partial charge in [-0.05, 0) is 24.7 Å². The molecule has 1 fully saturated rings. The van der Waals surface area contributed by atoms with Crippen LogP contribution in [-0.2, 0) is 14.4 Å². The first-order valence-electron chi connectivity index (χ1n) is 6.91. The van der Waals surface area contributed by atoms with Crippen LogP contribution in [0.2, 0.25) is 0 Å². The van der Waals surface area contributed by atoms with E-state index >= 15 is 0 Å². The Hall–Kier alpha value is -1.23. The van der Waals surface area contributed by atoms with Crippen molar-refractivity contribution in [1.82, 2.24) is 4.90 Å². The van der Waals surface area contributed by atoms with Crippen molar-refractivity contribution >= 4 is 18.1 Å². The van der Waals surface area contributed by atoms with Gasteiger partial charge in [0.15, 0.2) is 5.78 Å². The molecule has 108 valence electrons. The summed E-state index contributed by atoms with van der Waals surface area (Å²) in [7, 11) is 1.37. The number of amides is 2. The fourth-order valence-corrected chi connectivity index (χ4v) is 2.76. The second-order valence-electron chi connectivity index (χ2n) is 5.75. The quantitative estimate of drug-likeness (QED) is 0.574. The zero-order chi connectivity index (χ0) is 14.6. The Labute approximate surface area is 114 Å². The molecule has 1 saturated carbocycles. The van der Waals surface area contributed by atoms with E-state index < -0.39 is 17.9 Å². The smallest absolute Gasteiger partial charge is 0.239 e. The molecule has 0 saturated heterocycles. The van der Waals surface area contributed by atoms with E-state index in [1.165, 1.54) is 7.05 Å². The van der Waals surface area contributed by atoms with E-state index in [1.807, 2.05) is 0 Å². The lowest BCUT2D eigenvalue weighted by atomic mass is 9.82. The maximum atomic E-state index is 12.4. The summed E-state index contributed by atoms with van der Waals surface area (Å²) in [5.41, 5.74) is 6.03. The van der Waals surface area contributed by atoms with Crippen LogP contribution in [0.25, 0.3) is 0 Å². The third-order valence-electron chi connectivity index (χ3n) is 3.98. The van der Waals surface area contributed by atoms with Gasteiger partial charge in [0.05, 0.1) is 6.04 Å². The third kappa shape index (κ3) is 3.62. The summed E-state index contributed by atoms with van der Waals surface area (Å²) in [6, 6.07) is -0.584. The van der Waals surface area contributed by atoms with E-state index in [4.69, 9.17) is 5.73 Å². The van der Waals surface area contributed by atoms with Gasteiger partial charge in [0.25, 0.3) is 0 Å². The number of nitrogens with two attached hydrogens (primary N) is 1. The van der Waals surface area contributed by atoms with Crippen molar-refractivity contribution in [2.24, 2.45) is 23.5 Å². The van der Waals surface area contributed by atoms with Crippen molar-refractivity contribution < 1.29 is 14.4 Å². The van der Waals surface area contributed by atoms with Crippen molar-refractivity contribution in [2.45, 2.75) is 45.6 Å². The van der Waals surface area contributed by atoms with Crippen molar-refractivity contribution in [3.05, 3.63) is 0 Å². The molecule has 2 atom stereocenters. The molecular weight excluding hydrogens is 244 g/mol. The zero-order valence-corrected chi connectivity index (χ0v) is 12.0. The van der Waals surface area contributed by atoms with Crippen LogP contribution < -0.4 is 5.73 Å². The van der Waals surface area contributed by atoms with E-state index in [1.54, 1.807) is 13.8 Å². The normalized spacial score (nSPS) is 19.2. The maximum absolute atomic E-state index is 12.4. The molecular formula is C14H24N2O3. The molecule has 5 nitrogen and oxygen atoms in total. The molecule has 1 rings (SSSR count). The van der Waals surface area contributed by atoms with Crippen LogP contribution >= 0.6 is 0 Å². The molecule has 5 heteroatoms. The molecule has 19 heavy (non-hydrogen) atoms. The lowest BCUT2D eigenvalue weighted by molar-refractivity contribution is -0.145. The second kappa shape index (κ2) is 6.80. The number of ketones is 1.